The van der Waals surface area contributed by atoms with Crippen molar-refractivity contribution in [1.29, 1.82) is 5.26 Å². The van der Waals surface area contributed by atoms with Crippen molar-refractivity contribution in [3.63, 3.8) is 0 Å². The van der Waals surface area contributed by atoms with Gasteiger partial charge in [0.2, 0.25) is 17.7 Å². The lowest BCUT2D eigenvalue weighted by Crippen LogP contribution is -2.45. The summed E-state index contributed by atoms with van der Waals surface area (Å²) in [6.45, 7) is 19.1. The largest absolute Gasteiger partial charge is 0.345 e. The zero-order valence-corrected chi connectivity index (χ0v) is 23.1. The van der Waals surface area contributed by atoms with Gasteiger partial charge in [-0.25, -0.2) is 0 Å². The molecular weight excluding hydrogens is 466 g/mol. The second-order valence-electron chi connectivity index (χ2n) is 9.08. The predicted octanol–water partition coefficient (Wildman–Crippen LogP) is 5.10. The maximum absolute atomic E-state index is 13.5. The molecule has 200 valence electrons. The lowest BCUT2D eigenvalue weighted by atomic mass is 9.90. The molecule has 0 fully saturated rings. The molecule has 0 bridgehead atoms. The van der Waals surface area contributed by atoms with Crippen LogP contribution in [-0.2, 0) is 14.4 Å². The van der Waals surface area contributed by atoms with Crippen molar-refractivity contribution in [2.24, 2.45) is 17.8 Å². The van der Waals surface area contributed by atoms with Gasteiger partial charge in [-0.3, -0.25) is 14.4 Å². The smallest absolute Gasteiger partial charge is 0.238 e. The summed E-state index contributed by atoms with van der Waals surface area (Å²) in [5.74, 6) is -2.23. The van der Waals surface area contributed by atoms with Crippen molar-refractivity contribution in [3.05, 3.63) is 60.0 Å². The molecule has 3 N–H and O–H groups in total. The molecule has 3 unspecified atom stereocenters. The van der Waals surface area contributed by atoms with Gasteiger partial charge in [-0.2, -0.15) is 5.26 Å². The number of aryl methyl sites for hydroxylation is 1. The first-order chi connectivity index (χ1) is 17.6. The molecule has 1 aliphatic rings. The van der Waals surface area contributed by atoms with E-state index in [1.807, 2.05) is 59.8 Å². The van der Waals surface area contributed by atoms with Crippen molar-refractivity contribution >= 4 is 29.6 Å². The number of nitriles is 1. The number of allylic oxidation sites excluding steroid dienone is 3. The Balaban J connectivity index is 0.00000334. The van der Waals surface area contributed by atoms with Crippen molar-refractivity contribution in [1.82, 2.24) is 15.2 Å². The Kier molecular flexibility index (Phi) is 12.3. The van der Waals surface area contributed by atoms with Crippen LogP contribution in [-0.4, -0.2) is 40.7 Å². The minimum Gasteiger partial charge on any atom is -0.345 e. The SMILES string of the molecule is C=CC1=C(C=C)C(CC(C#N)N(C)C(=O)C(CC(C)C)C(=O)Nc2cc(/C=C\C)c(C)[nH]2)C(=O)N1.CC. The molecule has 8 heteroatoms. The highest BCUT2D eigenvalue weighted by molar-refractivity contribution is 6.06. The first kappa shape index (κ1) is 31.2. The van der Waals surface area contributed by atoms with Crippen LogP contribution in [0.3, 0.4) is 0 Å². The molecular formula is C29H41N5O3. The molecule has 1 aromatic heterocycles. The Morgan fingerprint density at radius 3 is 2.43 bits per heavy atom. The average Bonchev–Trinajstić information content (AvgIpc) is 3.38. The van der Waals surface area contributed by atoms with E-state index in [2.05, 4.69) is 34.8 Å². The fourth-order valence-electron chi connectivity index (χ4n) is 4.20. The van der Waals surface area contributed by atoms with Crippen LogP contribution in [0.1, 0.15) is 58.7 Å². The maximum atomic E-state index is 13.5. The van der Waals surface area contributed by atoms with Gasteiger partial charge in [-0.15, -0.1) is 0 Å². The van der Waals surface area contributed by atoms with Crippen molar-refractivity contribution < 1.29 is 14.4 Å². The van der Waals surface area contributed by atoms with E-state index >= 15 is 0 Å². The highest BCUT2D eigenvalue weighted by Crippen LogP contribution is 2.29. The van der Waals surface area contributed by atoms with E-state index in [9.17, 15) is 19.6 Å². The number of anilines is 1. The lowest BCUT2D eigenvalue weighted by molar-refractivity contribution is -0.141. The first-order valence-corrected chi connectivity index (χ1v) is 12.7. The molecule has 8 nitrogen and oxygen atoms in total. The van der Waals surface area contributed by atoms with Crippen LogP contribution < -0.4 is 10.6 Å². The first-order valence-electron chi connectivity index (χ1n) is 12.7. The van der Waals surface area contributed by atoms with Crippen molar-refractivity contribution in [2.45, 2.75) is 60.4 Å². The lowest BCUT2D eigenvalue weighted by Gasteiger charge is -2.29. The maximum Gasteiger partial charge on any atom is 0.238 e. The van der Waals surface area contributed by atoms with Gasteiger partial charge in [-0.1, -0.05) is 59.1 Å². The zero-order valence-electron chi connectivity index (χ0n) is 23.1. The molecule has 1 aliphatic heterocycles. The van der Waals surface area contributed by atoms with Gasteiger partial charge in [0.1, 0.15) is 17.8 Å². The second-order valence-corrected chi connectivity index (χ2v) is 9.08. The van der Waals surface area contributed by atoms with E-state index in [4.69, 9.17) is 0 Å². The summed E-state index contributed by atoms with van der Waals surface area (Å²) < 4.78 is 0. The highest BCUT2D eigenvalue weighted by Gasteiger charge is 2.37. The summed E-state index contributed by atoms with van der Waals surface area (Å²) in [5, 5.41) is 15.4. The zero-order chi connectivity index (χ0) is 28.3. The molecule has 0 saturated carbocycles. The summed E-state index contributed by atoms with van der Waals surface area (Å²) >= 11 is 0. The van der Waals surface area contributed by atoms with E-state index in [-0.39, 0.29) is 18.2 Å². The molecule has 3 amide bonds. The number of carbonyl (C=O) groups is 3. The molecule has 3 atom stereocenters. The van der Waals surface area contributed by atoms with Gasteiger partial charge in [0.05, 0.1) is 12.0 Å². The van der Waals surface area contributed by atoms with Crippen LogP contribution in [0.5, 0.6) is 0 Å². The van der Waals surface area contributed by atoms with Crippen LogP contribution in [0.15, 0.2) is 48.7 Å². The predicted molar refractivity (Wildman–Crippen MR) is 149 cm³/mol. The van der Waals surface area contributed by atoms with E-state index in [1.165, 1.54) is 18.0 Å². The van der Waals surface area contributed by atoms with E-state index in [0.717, 1.165) is 11.3 Å². The molecule has 0 radical (unpaired) electrons. The normalized spacial score (nSPS) is 16.4. The van der Waals surface area contributed by atoms with Crippen molar-refractivity contribution in [2.75, 3.05) is 12.4 Å². The van der Waals surface area contributed by atoms with E-state index in [1.54, 1.807) is 6.08 Å². The van der Waals surface area contributed by atoms with Gasteiger partial charge >= 0.3 is 0 Å². The summed E-state index contributed by atoms with van der Waals surface area (Å²) in [7, 11) is 1.50. The number of aromatic nitrogens is 1. The topological polar surface area (TPSA) is 118 Å². The Labute approximate surface area is 221 Å². The third kappa shape index (κ3) is 7.81. The van der Waals surface area contributed by atoms with Crippen LogP contribution in [0, 0.1) is 36.0 Å². The molecule has 0 aliphatic carbocycles. The van der Waals surface area contributed by atoms with Gasteiger partial charge in [0.25, 0.3) is 0 Å². The quantitative estimate of drug-likeness (QED) is 0.361. The van der Waals surface area contributed by atoms with Gasteiger partial charge in [-0.05, 0) is 55.9 Å². The molecule has 1 aromatic rings. The summed E-state index contributed by atoms with van der Waals surface area (Å²) in [5.41, 5.74) is 3.03. The Bertz CT molecular complexity index is 1100. The minimum absolute atomic E-state index is 0.0682. The number of hydrogen-bond donors (Lipinski definition) is 3. The third-order valence-electron chi connectivity index (χ3n) is 6.09. The average molecular weight is 508 g/mol. The summed E-state index contributed by atoms with van der Waals surface area (Å²) in [6, 6.07) is 3.03. The Hall–Kier alpha value is -3.86. The number of hydrogen-bond acceptors (Lipinski definition) is 4. The number of carbonyl (C=O) groups excluding carboxylic acids is 3. The Morgan fingerprint density at radius 2 is 1.92 bits per heavy atom. The van der Waals surface area contributed by atoms with Gasteiger partial charge in [0.15, 0.2) is 0 Å². The Morgan fingerprint density at radius 1 is 1.27 bits per heavy atom. The monoisotopic (exact) mass is 507 g/mol. The summed E-state index contributed by atoms with van der Waals surface area (Å²) in [6.07, 6.45) is 7.31. The van der Waals surface area contributed by atoms with Crippen molar-refractivity contribution in [3.8, 4) is 6.07 Å². The van der Waals surface area contributed by atoms with E-state index in [0.29, 0.717) is 23.5 Å². The fraction of sp³-hybridized carbons (Fsp3) is 0.448. The molecule has 2 heterocycles. The van der Waals surface area contributed by atoms with Crippen LogP contribution in [0.25, 0.3) is 6.08 Å². The fourth-order valence-corrected chi connectivity index (χ4v) is 4.20. The van der Waals surface area contributed by atoms with E-state index < -0.39 is 29.7 Å². The molecule has 37 heavy (non-hydrogen) atoms. The van der Waals surface area contributed by atoms with Crippen LogP contribution >= 0.6 is 0 Å². The number of H-pyrrole nitrogens is 1. The van der Waals surface area contributed by atoms with Crippen LogP contribution in [0.4, 0.5) is 5.82 Å². The summed E-state index contributed by atoms with van der Waals surface area (Å²) in [4.78, 5) is 43.5. The number of aromatic amines is 1. The number of amides is 3. The second kappa shape index (κ2) is 14.6. The van der Waals surface area contributed by atoms with Crippen LogP contribution in [0.2, 0.25) is 0 Å². The van der Waals surface area contributed by atoms with Gasteiger partial charge < -0.3 is 20.5 Å². The molecule has 0 saturated heterocycles. The molecule has 0 spiro atoms. The number of nitrogens with zero attached hydrogens (tertiary/aromatic N) is 2. The molecule has 2 rings (SSSR count). The highest BCUT2D eigenvalue weighted by atomic mass is 16.2. The third-order valence-corrected chi connectivity index (χ3v) is 6.09. The number of nitrogens with one attached hydrogen (secondary N) is 3. The standard InChI is InChI=1S/C27H35N5O3.C2H6/c1-8-11-18-13-24(29-17(18)6)31-26(34)22(12-16(4)5)27(35)32(7)19(15-28)14-21-20(9-2)23(10-3)30-25(21)33;1-2/h8-11,13,16,19,21-22,29H,2-3,12,14H2,1,4-7H3,(H,30,33)(H,31,34);1-2H3/b11-8-;. The minimum atomic E-state index is -0.986. The van der Waals surface area contributed by atoms with Gasteiger partial charge in [0, 0.05) is 18.4 Å². The number of rotatable bonds is 11. The molecule has 0 aromatic carbocycles.